The summed E-state index contributed by atoms with van der Waals surface area (Å²) in [4.78, 5) is 2.25. The largest absolute Gasteiger partial charge is 0.504 e. The van der Waals surface area contributed by atoms with Gasteiger partial charge in [0, 0.05) is 44.4 Å². The Morgan fingerprint density at radius 1 is 1.47 bits per heavy atom. The maximum atomic E-state index is 14.0. The highest BCUT2D eigenvalue weighted by Gasteiger charge is 2.18. The highest BCUT2D eigenvalue weighted by Crippen LogP contribution is 2.36. The number of phenolic OH excluding ortho intramolecular Hbond substituents is 1. The number of piperazine rings is 1. The minimum absolute atomic E-state index is 0.0988. The molecule has 0 saturated carbocycles. The number of hydrogen-bond acceptors (Lipinski definition) is 4. The number of hydrogen-bond donors (Lipinski definition) is 2. The zero-order valence-corrected chi connectivity index (χ0v) is 12.5. The molecule has 2 rings (SSSR count). The van der Waals surface area contributed by atoms with Crippen molar-refractivity contribution >= 4 is 15.9 Å². The summed E-state index contributed by atoms with van der Waals surface area (Å²) in [6.07, 6.45) is 0.466. The fourth-order valence-corrected chi connectivity index (χ4v) is 2.68. The highest BCUT2D eigenvalue weighted by atomic mass is 79.9. The molecule has 0 aliphatic carbocycles. The molecule has 6 heteroatoms. The molecule has 4 nitrogen and oxygen atoms in total. The Kier molecular flexibility index (Phi) is 5.01. The van der Waals surface area contributed by atoms with E-state index in [1.54, 1.807) is 0 Å². The zero-order valence-electron chi connectivity index (χ0n) is 10.9. The standard InChI is InChI=1S/C13H18BrFN2O2/c1-19-11-8-10(14)12(15)9(13(11)18)2-5-17-6-3-16-4-7-17/h8,16,18H,2-7H2,1H3. The number of ether oxygens (including phenoxy) is 1. The molecule has 0 atom stereocenters. The van der Waals surface area contributed by atoms with Gasteiger partial charge in [0.05, 0.1) is 11.6 Å². The first-order chi connectivity index (χ1) is 9.13. The van der Waals surface area contributed by atoms with Gasteiger partial charge in [-0.1, -0.05) is 0 Å². The van der Waals surface area contributed by atoms with E-state index in [9.17, 15) is 9.50 Å². The minimum atomic E-state index is -0.409. The number of nitrogens with one attached hydrogen (secondary N) is 1. The maximum Gasteiger partial charge on any atom is 0.164 e. The number of methoxy groups -OCH3 is 1. The van der Waals surface area contributed by atoms with Crippen molar-refractivity contribution in [3.63, 3.8) is 0 Å². The highest BCUT2D eigenvalue weighted by molar-refractivity contribution is 9.10. The minimum Gasteiger partial charge on any atom is -0.504 e. The smallest absolute Gasteiger partial charge is 0.164 e. The van der Waals surface area contributed by atoms with Gasteiger partial charge < -0.3 is 20.1 Å². The van der Waals surface area contributed by atoms with E-state index in [4.69, 9.17) is 4.74 Å². The first-order valence-corrected chi connectivity index (χ1v) is 7.09. The molecule has 1 saturated heterocycles. The van der Waals surface area contributed by atoms with Gasteiger partial charge in [-0.25, -0.2) is 4.39 Å². The van der Waals surface area contributed by atoms with Gasteiger partial charge in [-0.3, -0.25) is 0 Å². The summed E-state index contributed by atoms with van der Waals surface area (Å²) >= 11 is 3.15. The third-order valence-corrected chi connectivity index (χ3v) is 3.94. The number of aromatic hydroxyl groups is 1. The Balaban J connectivity index is 2.12. The van der Waals surface area contributed by atoms with Crippen molar-refractivity contribution in [3.05, 3.63) is 21.9 Å². The average Bonchev–Trinajstić information content (AvgIpc) is 2.44. The summed E-state index contributed by atoms with van der Waals surface area (Å²) in [5, 5.41) is 13.3. The summed E-state index contributed by atoms with van der Waals surface area (Å²) in [5.41, 5.74) is 0.310. The Hall–Kier alpha value is -0.850. The third kappa shape index (κ3) is 3.38. The Morgan fingerprint density at radius 2 is 2.16 bits per heavy atom. The van der Waals surface area contributed by atoms with Gasteiger partial charge >= 0.3 is 0 Å². The lowest BCUT2D eigenvalue weighted by molar-refractivity contribution is 0.242. The van der Waals surface area contributed by atoms with Crippen LogP contribution >= 0.6 is 15.9 Å². The Bertz CT molecular complexity index is 451. The van der Waals surface area contributed by atoms with E-state index in [1.165, 1.54) is 13.2 Å². The number of rotatable bonds is 4. The van der Waals surface area contributed by atoms with Gasteiger partial charge in [-0.05, 0) is 22.4 Å². The van der Waals surface area contributed by atoms with E-state index < -0.39 is 5.82 Å². The van der Waals surface area contributed by atoms with Crippen molar-refractivity contribution < 1.29 is 14.2 Å². The summed E-state index contributed by atoms with van der Waals surface area (Å²) in [7, 11) is 1.46. The first kappa shape index (κ1) is 14.6. The summed E-state index contributed by atoms with van der Waals surface area (Å²) in [6.45, 7) is 4.54. The van der Waals surface area contributed by atoms with Gasteiger partial charge in [0.25, 0.3) is 0 Å². The quantitative estimate of drug-likeness (QED) is 0.881. The number of nitrogens with zero attached hydrogens (tertiary/aromatic N) is 1. The van der Waals surface area contributed by atoms with Crippen molar-refractivity contribution in [1.82, 2.24) is 10.2 Å². The molecule has 1 aromatic carbocycles. The second-order valence-corrected chi connectivity index (χ2v) is 5.40. The summed E-state index contributed by atoms with van der Waals surface area (Å²) in [6, 6.07) is 1.44. The summed E-state index contributed by atoms with van der Waals surface area (Å²) in [5.74, 6) is -0.213. The van der Waals surface area contributed by atoms with Gasteiger partial charge in [0.1, 0.15) is 5.82 Å². The van der Waals surface area contributed by atoms with Crippen LogP contribution in [0.2, 0.25) is 0 Å². The van der Waals surface area contributed by atoms with Crippen LogP contribution in [0.5, 0.6) is 11.5 Å². The second kappa shape index (κ2) is 6.54. The van der Waals surface area contributed by atoms with E-state index in [0.717, 1.165) is 32.7 Å². The molecule has 0 bridgehead atoms. The molecule has 1 fully saturated rings. The van der Waals surface area contributed by atoms with Crippen molar-refractivity contribution in [2.45, 2.75) is 6.42 Å². The van der Waals surface area contributed by atoms with E-state index in [-0.39, 0.29) is 5.75 Å². The molecule has 0 aromatic heterocycles. The number of halogens is 2. The van der Waals surface area contributed by atoms with Crippen molar-refractivity contribution in [2.24, 2.45) is 0 Å². The van der Waals surface area contributed by atoms with Crippen molar-refractivity contribution in [3.8, 4) is 11.5 Å². The van der Waals surface area contributed by atoms with Crippen LogP contribution in [0.15, 0.2) is 10.5 Å². The summed E-state index contributed by atoms with van der Waals surface area (Å²) < 4.78 is 19.4. The fraction of sp³-hybridized carbons (Fsp3) is 0.538. The van der Waals surface area contributed by atoms with Gasteiger partial charge in [0.2, 0.25) is 0 Å². The molecule has 0 amide bonds. The Labute approximate surface area is 120 Å². The molecular weight excluding hydrogens is 315 g/mol. The normalized spacial score (nSPS) is 16.6. The second-order valence-electron chi connectivity index (χ2n) is 4.54. The molecule has 0 radical (unpaired) electrons. The molecule has 106 valence electrons. The molecule has 1 aromatic rings. The lowest BCUT2D eigenvalue weighted by atomic mass is 10.1. The fourth-order valence-electron chi connectivity index (χ4n) is 2.23. The lowest BCUT2D eigenvalue weighted by Gasteiger charge is -2.27. The molecule has 19 heavy (non-hydrogen) atoms. The zero-order chi connectivity index (χ0) is 13.8. The monoisotopic (exact) mass is 332 g/mol. The number of phenols is 1. The molecule has 1 aliphatic rings. The molecule has 0 spiro atoms. The molecule has 0 unspecified atom stereocenters. The Morgan fingerprint density at radius 3 is 2.79 bits per heavy atom. The molecule has 1 aliphatic heterocycles. The van der Waals surface area contributed by atoms with E-state index >= 15 is 0 Å². The van der Waals surface area contributed by atoms with E-state index in [2.05, 4.69) is 26.1 Å². The van der Waals surface area contributed by atoms with Gasteiger partial charge in [-0.2, -0.15) is 0 Å². The van der Waals surface area contributed by atoms with Crippen molar-refractivity contribution in [2.75, 3.05) is 39.8 Å². The number of benzene rings is 1. The van der Waals surface area contributed by atoms with Crippen LogP contribution in [0.4, 0.5) is 4.39 Å². The predicted octanol–water partition coefficient (Wildman–Crippen LogP) is 1.75. The van der Waals surface area contributed by atoms with E-state index in [0.29, 0.717) is 22.2 Å². The van der Waals surface area contributed by atoms with Crippen LogP contribution in [0, 0.1) is 5.82 Å². The first-order valence-electron chi connectivity index (χ1n) is 6.30. The topological polar surface area (TPSA) is 44.7 Å². The average molecular weight is 333 g/mol. The van der Waals surface area contributed by atoms with Crippen LogP contribution in [0.3, 0.4) is 0 Å². The predicted molar refractivity (Wildman–Crippen MR) is 75.3 cm³/mol. The third-order valence-electron chi connectivity index (χ3n) is 3.36. The van der Waals surface area contributed by atoms with Crippen LogP contribution in [-0.2, 0) is 6.42 Å². The van der Waals surface area contributed by atoms with Gasteiger partial charge in [0.15, 0.2) is 11.5 Å². The van der Waals surface area contributed by atoms with Crippen LogP contribution in [0.25, 0.3) is 0 Å². The van der Waals surface area contributed by atoms with Crippen molar-refractivity contribution in [1.29, 1.82) is 0 Å². The van der Waals surface area contributed by atoms with Gasteiger partial charge in [-0.15, -0.1) is 0 Å². The van der Waals surface area contributed by atoms with Crippen LogP contribution < -0.4 is 10.1 Å². The van der Waals surface area contributed by atoms with Crippen LogP contribution in [0.1, 0.15) is 5.56 Å². The maximum absolute atomic E-state index is 14.0. The lowest BCUT2D eigenvalue weighted by Crippen LogP contribution is -2.44. The SMILES string of the molecule is COc1cc(Br)c(F)c(CCN2CCNCC2)c1O. The molecule has 1 heterocycles. The molecular formula is C13H18BrFN2O2. The van der Waals surface area contributed by atoms with E-state index in [1.807, 2.05) is 0 Å². The van der Waals surface area contributed by atoms with Crippen LogP contribution in [-0.4, -0.2) is 49.8 Å². The molecule has 2 N–H and O–H groups in total.